The minimum atomic E-state index is -0.758. The number of amides is 2. The van der Waals surface area contributed by atoms with Gasteiger partial charge in [0.05, 0.1) is 6.42 Å². The van der Waals surface area contributed by atoms with Crippen LogP contribution in [0.1, 0.15) is 29.2 Å². The molecule has 3 aromatic rings. The summed E-state index contributed by atoms with van der Waals surface area (Å²) in [5.74, 6) is -1.15. The normalized spacial score (nSPS) is 11.6. The van der Waals surface area contributed by atoms with Crippen molar-refractivity contribution < 1.29 is 14.0 Å². The fourth-order valence-electron chi connectivity index (χ4n) is 3.81. The van der Waals surface area contributed by atoms with Gasteiger partial charge in [0.15, 0.2) is 0 Å². The molecule has 0 saturated heterocycles. The van der Waals surface area contributed by atoms with Gasteiger partial charge in [-0.15, -0.1) is 0 Å². The predicted octanol–water partition coefficient (Wildman–Crippen LogP) is 5.11. The van der Waals surface area contributed by atoms with E-state index in [0.717, 1.165) is 16.7 Å². The monoisotopic (exact) mass is 466 g/mol. The van der Waals surface area contributed by atoms with E-state index in [0.29, 0.717) is 13.0 Å². The lowest BCUT2D eigenvalue weighted by atomic mass is 10.0. The highest BCUT2D eigenvalue weighted by molar-refractivity contribution is 6.31. The SMILES string of the molecule is CCNC(=O)C(Cc1ccccc1)N(Cc1cccc(C)c1)C(=O)Cc1c(F)cccc1Cl. The molecule has 0 aromatic heterocycles. The quantitative estimate of drug-likeness (QED) is 0.476. The highest BCUT2D eigenvalue weighted by atomic mass is 35.5. The summed E-state index contributed by atoms with van der Waals surface area (Å²) in [6.07, 6.45) is 0.108. The molecule has 0 spiro atoms. The maximum atomic E-state index is 14.4. The van der Waals surface area contributed by atoms with Gasteiger partial charge in [0.25, 0.3) is 0 Å². The summed E-state index contributed by atoms with van der Waals surface area (Å²) in [4.78, 5) is 28.2. The molecule has 6 heteroatoms. The molecule has 0 aliphatic rings. The molecule has 1 N–H and O–H groups in total. The zero-order chi connectivity index (χ0) is 23.8. The molecule has 0 heterocycles. The molecule has 33 heavy (non-hydrogen) atoms. The lowest BCUT2D eigenvalue weighted by molar-refractivity contribution is -0.140. The summed E-state index contributed by atoms with van der Waals surface area (Å²) in [6, 6.07) is 20.9. The second-order valence-electron chi connectivity index (χ2n) is 7.99. The van der Waals surface area contributed by atoms with Gasteiger partial charge in [-0.3, -0.25) is 9.59 Å². The van der Waals surface area contributed by atoms with Gasteiger partial charge in [0.1, 0.15) is 11.9 Å². The number of carbonyl (C=O) groups excluding carboxylic acids is 2. The van der Waals surface area contributed by atoms with Gasteiger partial charge < -0.3 is 10.2 Å². The van der Waals surface area contributed by atoms with Crippen molar-refractivity contribution in [2.24, 2.45) is 0 Å². The number of rotatable bonds is 9. The van der Waals surface area contributed by atoms with Crippen LogP contribution in [-0.4, -0.2) is 29.3 Å². The van der Waals surface area contributed by atoms with Crippen molar-refractivity contribution in [3.63, 3.8) is 0 Å². The summed E-state index contributed by atoms with van der Waals surface area (Å²) in [5.41, 5.74) is 3.01. The first-order valence-corrected chi connectivity index (χ1v) is 11.4. The van der Waals surface area contributed by atoms with E-state index in [-0.39, 0.29) is 35.4 Å². The van der Waals surface area contributed by atoms with E-state index < -0.39 is 11.9 Å². The molecular weight excluding hydrogens is 439 g/mol. The molecule has 1 atom stereocenters. The molecule has 0 bridgehead atoms. The maximum absolute atomic E-state index is 14.4. The summed E-state index contributed by atoms with van der Waals surface area (Å²) in [6.45, 7) is 4.47. The molecule has 4 nitrogen and oxygen atoms in total. The van der Waals surface area contributed by atoms with Crippen LogP contribution in [-0.2, 0) is 29.0 Å². The van der Waals surface area contributed by atoms with Crippen molar-refractivity contribution >= 4 is 23.4 Å². The predicted molar refractivity (Wildman–Crippen MR) is 129 cm³/mol. The summed E-state index contributed by atoms with van der Waals surface area (Å²) in [7, 11) is 0. The van der Waals surface area contributed by atoms with E-state index in [2.05, 4.69) is 5.32 Å². The van der Waals surface area contributed by atoms with Gasteiger partial charge in [-0.25, -0.2) is 4.39 Å². The van der Waals surface area contributed by atoms with Gasteiger partial charge in [-0.2, -0.15) is 0 Å². The molecular formula is C27H28ClFN2O2. The third-order valence-electron chi connectivity index (χ3n) is 5.45. The first-order valence-electron chi connectivity index (χ1n) is 11.0. The van der Waals surface area contributed by atoms with Gasteiger partial charge in [-0.05, 0) is 37.1 Å². The number of halogens is 2. The Labute approximate surface area is 199 Å². The number of nitrogens with zero attached hydrogens (tertiary/aromatic N) is 1. The Bertz CT molecular complexity index is 1080. The molecule has 0 aliphatic carbocycles. The lowest BCUT2D eigenvalue weighted by Gasteiger charge is -2.32. The van der Waals surface area contributed by atoms with Gasteiger partial charge in [-0.1, -0.05) is 77.8 Å². The zero-order valence-corrected chi connectivity index (χ0v) is 19.6. The molecule has 0 radical (unpaired) electrons. The third kappa shape index (κ3) is 6.65. The fourth-order valence-corrected chi connectivity index (χ4v) is 4.04. The van der Waals surface area contributed by atoms with Crippen molar-refractivity contribution in [1.29, 1.82) is 0 Å². The van der Waals surface area contributed by atoms with Gasteiger partial charge >= 0.3 is 0 Å². The van der Waals surface area contributed by atoms with Crippen LogP contribution in [0.2, 0.25) is 5.02 Å². The number of hydrogen-bond donors (Lipinski definition) is 1. The van der Waals surface area contributed by atoms with Crippen LogP contribution in [0.4, 0.5) is 4.39 Å². The van der Waals surface area contributed by atoms with E-state index in [1.54, 1.807) is 6.07 Å². The van der Waals surface area contributed by atoms with Crippen molar-refractivity contribution in [2.45, 2.75) is 39.3 Å². The second-order valence-corrected chi connectivity index (χ2v) is 8.39. The Morgan fingerprint density at radius 1 is 1.00 bits per heavy atom. The molecule has 3 aromatic carbocycles. The third-order valence-corrected chi connectivity index (χ3v) is 5.80. The van der Waals surface area contributed by atoms with E-state index in [1.165, 1.54) is 17.0 Å². The van der Waals surface area contributed by atoms with Gasteiger partial charge in [0, 0.05) is 30.1 Å². The topological polar surface area (TPSA) is 49.4 Å². The molecule has 172 valence electrons. The Morgan fingerprint density at radius 3 is 2.36 bits per heavy atom. The van der Waals surface area contributed by atoms with Gasteiger partial charge in [0.2, 0.25) is 11.8 Å². The Morgan fingerprint density at radius 2 is 1.70 bits per heavy atom. The average Bonchev–Trinajstić information content (AvgIpc) is 2.79. The first kappa shape index (κ1) is 24.5. The lowest BCUT2D eigenvalue weighted by Crippen LogP contribution is -2.51. The first-order chi connectivity index (χ1) is 15.9. The van der Waals surface area contributed by atoms with E-state index >= 15 is 0 Å². The standard InChI is InChI=1S/C27H28ClFN2O2/c1-3-30-27(33)25(16-20-10-5-4-6-11-20)31(18-21-12-7-9-19(2)15-21)26(32)17-22-23(28)13-8-14-24(22)29/h4-15,25H,3,16-18H2,1-2H3,(H,30,33). The highest BCUT2D eigenvalue weighted by Gasteiger charge is 2.31. The fraction of sp³-hybridized carbons (Fsp3) is 0.259. The molecule has 0 fully saturated rings. The van der Waals surface area contributed by atoms with Crippen molar-refractivity contribution in [1.82, 2.24) is 10.2 Å². The van der Waals surface area contributed by atoms with Crippen LogP contribution in [0.25, 0.3) is 0 Å². The summed E-state index contributed by atoms with van der Waals surface area (Å²) >= 11 is 6.19. The zero-order valence-electron chi connectivity index (χ0n) is 18.9. The summed E-state index contributed by atoms with van der Waals surface area (Å²) < 4.78 is 14.4. The molecule has 3 rings (SSSR count). The second kappa shape index (κ2) is 11.6. The number of likely N-dealkylation sites (N-methyl/N-ethyl adjacent to an activating group) is 1. The minimum absolute atomic E-state index is 0.132. The van der Waals surface area contributed by atoms with Crippen molar-refractivity contribution in [3.8, 4) is 0 Å². The van der Waals surface area contributed by atoms with Crippen molar-refractivity contribution in [2.75, 3.05) is 6.54 Å². The number of nitrogens with one attached hydrogen (secondary N) is 1. The molecule has 1 unspecified atom stereocenters. The average molecular weight is 467 g/mol. The van der Waals surface area contributed by atoms with Crippen LogP contribution in [0.5, 0.6) is 0 Å². The van der Waals surface area contributed by atoms with Crippen LogP contribution in [0.15, 0.2) is 72.8 Å². The molecule has 0 aliphatic heterocycles. The van der Waals surface area contributed by atoms with Crippen LogP contribution in [0, 0.1) is 12.7 Å². The number of hydrogen-bond acceptors (Lipinski definition) is 2. The van der Waals surface area contributed by atoms with E-state index in [9.17, 15) is 14.0 Å². The largest absolute Gasteiger partial charge is 0.355 e. The summed E-state index contributed by atoms with van der Waals surface area (Å²) in [5, 5.41) is 3.04. The van der Waals surface area contributed by atoms with Crippen LogP contribution >= 0.6 is 11.6 Å². The minimum Gasteiger partial charge on any atom is -0.355 e. The number of carbonyl (C=O) groups is 2. The number of benzene rings is 3. The molecule has 2 amide bonds. The van der Waals surface area contributed by atoms with E-state index in [1.807, 2.05) is 68.4 Å². The highest BCUT2D eigenvalue weighted by Crippen LogP contribution is 2.22. The Hall–Kier alpha value is -3.18. The van der Waals surface area contributed by atoms with E-state index in [4.69, 9.17) is 11.6 Å². The van der Waals surface area contributed by atoms with Crippen LogP contribution < -0.4 is 5.32 Å². The number of aryl methyl sites for hydroxylation is 1. The smallest absolute Gasteiger partial charge is 0.243 e. The van der Waals surface area contributed by atoms with Crippen molar-refractivity contribution in [3.05, 3.63) is 106 Å². The molecule has 0 saturated carbocycles. The Kier molecular flexibility index (Phi) is 8.61. The maximum Gasteiger partial charge on any atom is 0.243 e. The van der Waals surface area contributed by atoms with Crippen LogP contribution in [0.3, 0.4) is 0 Å². The Balaban J connectivity index is 1.99.